The summed E-state index contributed by atoms with van der Waals surface area (Å²) in [4.78, 5) is 9.63. The molecule has 42 valence electrons. The van der Waals surface area contributed by atoms with E-state index in [1.54, 1.807) is 6.08 Å². The quantitative estimate of drug-likeness (QED) is 0.229. The number of terminal acetylenes is 1. The predicted molar refractivity (Wildman–Crippen MR) is 33.3 cm³/mol. The Bertz CT molecular complexity index is 117. The highest BCUT2D eigenvalue weighted by molar-refractivity contribution is 5.64. The average Bonchev–Trinajstić information content (AvgIpc) is 1.81. The van der Waals surface area contributed by atoms with E-state index < -0.39 is 0 Å². The molecule has 0 radical (unpaired) electrons. The van der Waals surface area contributed by atoms with E-state index in [4.69, 9.17) is 6.42 Å². The van der Waals surface area contributed by atoms with Gasteiger partial charge in [0.05, 0.1) is 0 Å². The molecule has 0 fully saturated rings. The second-order valence-electron chi connectivity index (χ2n) is 1.31. The fraction of sp³-hybridized carbons (Fsp3) is 0.286. The van der Waals surface area contributed by atoms with Gasteiger partial charge in [-0.25, -0.2) is 0 Å². The van der Waals surface area contributed by atoms with E-state index in [0.29, 0.717) is 6.42 Å². The second kappa shape index (κ2) is 5.97. The van der Waals surface area contributed by atoms with Crippen molar-refractivity contribution >= 4 is 6.29 Å². The van der Waals surface area contributed by atoms with E-state index in [1.165, 1.54) is 6.08 Å². The molecule has 0 unspecified atom stereocenters. The van der Waals surface area contributed by atoms with Gasteiger partial charge in [0.2, 0.25) is 0 Å². The first-order chi connectivity index (χ1) is 3.91. The van der Waals surface area contributed by atoms with Gasteiger partial charge in [-0.05, 0) is 12.5 Å². The zero-order valence-electron chi connectivity index (χ0n) is 4.63. The largest absolute Gasteiger partial charge is 0.299 e. The third kappa shape index (κ3) is 4.97. The lowest BCUT2D eigenvalue weighted by molar-refractivity contribution is -0.104. The van der Waals surface area contributed by atoms with Crippen LogP contribution in [0.4, 0.5) is 0 Å². The molecule has 0 aromatic rings. The number of carbonyl (C=O) groups excluding carboxylic acids is 1. The van der Waals surface area contributed by atoms with Crippen molar-refractivity contribution in [3.05, 3.63) is 12.2 Å². The third-order valence-electron chi connectivity index (χ3n) is 0.670. The van der Waals surface area contributed by atoms with Gasteiger partial charge in [-0.1, -0.05) is 6.08 Å². The molecular weight excluding hydrogens is 100 g/mol. The van der Waals surface area contributed by atoms with Gasteiger partial charge in [0, 0.05) is 6.42 Å². The Morgan fingerprint density at radius 1 is 1.62 bits per heavy atom. The summed E-state index contributed by atoms with van der Waals surface area (Å²) in [6, 6.07) is 0. The highest BCUT2D eigenvalue weighted by Gasteiger charge is 1.70. The minimum atomic E-state index is 0.713. The summed E-state index contributed by atoms with van der Waals surface area (Å²) >= 11 is 0. The summed E-state index contributed by atoms with van der Waals surface area (Å²) in [5, 5.41) is 0. The topological polar surface area (TPSA) is 17.1 Å². The molecule has 0 N–H and O–H groups in total. The maximum absolute atomic E-state index is 9.63. The molecule has 0 aromatic carbocycles. The van der Waals surface area contributed by atoms with E-state index in [9.17, 15) is 4.79 Å². The van der Waals surface area contributed by atoms with Gasteiger partial charge in [0.15, 0.2) is 0 Å². The molecule has 1 heteroatoms. The van der Waals surface area contributed by atoms with Crippen LogP contribution < -0.4 is 0 Å². The molecule has 0 saturated carbocycles. The molecule has 1 nitrogen and oxygen atoms in total. The molecule has 8 heavy (non-hydrogen) atoms. The van der Waals surface area contributed by atoms with Gasteiger partial charge >= 0.3 is 0 Å². The first-order valence-electron chi connectivity index (χ1n) is 2.45. The zero-order valence-corrected chi connectivity index (χ0v) is 4.63. The molecule has 0 heterocycles. The van der Waals surface area contributed by atoms with Crippen molar-refractivity contribution in [3.8, 4) is 12.3 Å². The Labute approximate surface area is 49.4 Å². The van der Waals surface area contributed by atoms with Crippen LogP contribution in [-0.2, 0) is 4.79 Å². The Balaban J connectivity index is 3.06. The van der Waals surface area contributed by atoms with Gasteiger partial charge in [0.25, 0.3) is 0 Å². The molecule has 0 bridgehead atoms. The van der Waals surface area contributed by atoms with E-state index in [1.807, 2.05) is 0 Å². The number of allylic oxidation sites excluding steroid dienone is 2. The molecule has 0 atom stereocenters. The van der Waals surface area contributed by atoms with Crippen molar-refractivity contribution in [1.29, 1.82) is 0 Å². The summed E-state index contributed by atoms with van der Waals surface area (Å²) in [5.41, 5.74) is 0. The van der Waals surface area contributed by atoms with E-state index in [2.05, 4.69) is 5.92 Å². The zero-order chi connectivity index (χ0) is 6.24. The molecule has 0 saturated heterocycles. The third-order valence-corrected chi connectivity index (χ3v) is 0.670. The lowest BCUT2D eigenvalue weighted by Crippen LogP contribution is -1.63. The number of aldehydes is 1. The van der Waals surface area contributed by atoms with Gasteiger partial charge < -0.3 is 0 Å². The molecule has 0 aromatic heterocycles. The van der Waals surface area contributed by atoms with Crippen molar-refractivity contribution in [2.45, 2.75) is 12.8 Å². The number of rotatable bonds is 3. The van der Waals surface area contributed by atoms with E-state index >= 15 is 0 Å². The summed E-state index contributed by atoms with van der Waals surface area (Å²) < 4.78 is 0. The summed E-state index contributed by atoms with van der Waals surface area (Å²) in [5.74, 6) is 2.46. The minimum absolute atomic E-state index is 0.713. The van der Waals surface area contributed by atoms with Gasteiger partial charge in [-0.2, -0.15) is 0 Å². The SMILES string of the molecule is C#CCC/C=C/C=O. The molecule has 0 aliphatic carbocycles. The van der Waals surface area contributed by atoms with Crippen molar-refractivity contribution in [2.75, 3.05) is 0 Å². The summed E-state index contributed by atoms with van der Waals surface area (Å²) in [6.45, 7) is 0. The fourth-order valence-corrected chi connectivity index (χ4v) is 0.318. The van der Waals surface area contributed by atoms with Crippen LogP contribution in [0.15, 0.2) is 12.2 Å². The summed E-state index contributed by atoms with van der Waals surface area (Å²) in [6.07, 6.45) is 10.4. The number of carbonyl (C=O) groups is 1. The van der Waals surface area contributed by atoms with Gasteiger partial charge in [-0.15, -0.1) is 12.3 Å². The Morgan fingerprint density at radius 2 is 2.38 bits per heavy atom. The Hall–Kier alpha value is -1.03. The van der Waals surface area contributed by atoms with Crippen LogP contribution in [0.5, 0.6) is 0 Å². The Morgan fingerprint density at radius 3 is 2.88 bits per heavy atom. The molecule has 0 spiro atoms. The first kappa shape index (κ1) is 6.97. The first-order valence-corrected chi connectivity index (χ1v) is 2.45. The highest BCUT2D eigenvalue weighted by atomic mass is 16.1. The molecule has 0 aliphatic heterocycles. The minimum Gasteiger partial charge on any atom is -0.299 e. The van der Waals surface area contributed by atoms with Crippen molar-refractivity contribution < 1.29 is 4.79 Å². The maximum Gasteiger partial charge on any atom is 0.142 e. The molecule has 0 rings (SSSR count). The normalized spacial score (nSPS) is 8.88. The predicted octanol–water partition coefficient (Wildman–Crippen LogP) is 1.15. The monoisotopic (exact) mass is 108 g/mol. The van der Waals surface area contributed by atoms with Crippen LogP contribution in [0, 0.1) is 12.3 Å². The van der Waals surface area contributed by atoms with E-state index in [0.717, 1.165) is 12.7 Å². The Kier molecular flexibility index (Phi) is 5.20. The lowest BCUT2D eigenvalue weighted by atomic mass is 10.3. The van der Waals surface area contributed by atoms with E-state index in [-0.39, 0.29) is 0 Å². The van der Waals surface area contributed by atoms with Crippen LogP contribution in [0.25, 0.3) is 0 Å². The van der Waals surface area contributed by atoms with Gasteiger partial charge in [0.1, 0.15) is 6.29 Å². The summed E-state index contributed by atoms with van der Waals surface area (Å²) in [7, 11) is 0. The van der Waals surface area contributed by atoms with Crippen molar-refractivity contribution in [2.24, 2.45) is 0 Å². The van der Waals surface area contributed by atoms with Crippen LogP contribution in [0.3, 0.4) is 0 Å². The average molecular weight is 108 g/mol. The van der Waals surface area contributed by atoms with Crippen LogP contribution >= 0.6 is 0 Å². The number of hydrogen-bond donors (Lipinski definition) is 0. The van der Waals surface area contributed by atoms with Crippen LogP contribution in [-0.4, -0.2) is 6.29 Å². The molecule has 0 amide bonds. The standard InChI is InChI=1S/C7H8O/c1-2-3-4-5-6-7-8/h1,5-7H,3-4H2/b6-5+. The molecule has 0 aliphatic rings. The number of hydrogen-bond acceptors (Lipinski definition) is 1. The second-order valence-corrected chi connectivity index (χ2v) is 1.31. The van der Waals surface area contributed by atoms with Crippen molar-refractivity contribution in [3.63, 3.8) is 0 Å². The molecular formula is C7H8O. The van der Waals surface area contributed by atoms with Crippen LogP contribution in [0.1, 0.15) is 12.8 Å². The lowest BCUT2D eigenvalue weighted by Gasteiger charge is -1.76. The number of unbranched alkanes of at least 4 members (excludes halogenated alkanes) is 1. The van der Waals surface area contributed by atoms with Gasteiger partial charge in [-0.3, -0.25) is 4.79 Å². The fourth-order valence-electron chi connectivity index (χ4n) is 0.318. The highest BCUT2D eigenvalue weighted by Crippen LogP contribution is 1.85. The van der Waals surface area contributed by atoms with Crippen LogP contribution in [0.2, 0.25) is 0 Å². The smallest absolute Gasteiger partial charge is 0.142 e. The maximum atomic E-state index is 9.63. The van der Waals surface area contributed by atoms with Crippen molar-refractivity contribution in [1.82, 2.24) is 0 Å².